The first-order chi connectivity index (χ1) is 21.7. The second kappa shape index (κ2) is 26.1. The second-order valence-electron chi connectivity index (χ2n) is 13.0. The summed E-state index contributed by atoms with van der Waals surface area (Å²) < 4.78 is 10.9. The van der Waals surface area contributed by atoms with E-state index in [-0.39, 0.29) is 6.42 Å². The molecule has 1 fully saturated rings. The minimum absolute atomic E-state index is 0.263. The minimum atomic E-state index is -1.65. The number of unbranched alkanes of at least 4 members (excludes halogenated alkanes) is 16. The fourth-order valence-electron chi connectivity index (χ4n) is 5.79. The van der Waals surface area contributed by atoms with E-state index in [2.05, 4.69) is 12.2 Å². The predicted octanol–water partition coefficient (Wildman–Crippen LogP) is 3.21. The van der Waals surface area contributed by atoms with Gasteiger partial charge in [0.05, 0.1) is 25.4 Å². The fraction of sp³-hybridized carbons (Fsp3) is 0.971. The van der Waals surface area contributed by atoms with Crippen molar-refractivity contribution < 1.29 is 50.0 Å². The van der Waals surface area contributed by atoms with Crippen LogP contribution < -0.4 is 5.32 Å². The van der Waals surface area contributed by atoms with Crippen LogP contribution in [-0.2, 0) is 14.3 Å². The Morgan fingerprint density at radius 3 is 1.67 bits per heavy atom. The standard InChI is InChI=1S/C34H67NO10/c1-3-5-7-8-9-10-11-12-13-14-15-16-17-18-20-22-27(38)33(43)35-25(29(39)26(37)21-19-6-4-2)24-44-34-32(42)31(41)30(40)28(23-36)45-34/h25-32,34,36-42H,3-24H2,1-2H3,(H,35,43). The summed E-state index contributed by atoms with van der Waals surface area (Å²) in [6.07, 6.45) is 9.88. The summed E-state index contributed by atoms with van der Waals surface area (Å²) in [5.41, 5.74) is 0. The fourth-order valence-corrected chi connectivity index (χ4v) is 5.79. The topological polar surface area (TPSA) is 189 Å². The Hall–Kier alpha value is -0.890. The molecule has 1 rings (SSSR count). The highest BCUT2D eigenvalue weighted by Crippen LogP contribution is 2.23. The van der Waals surface area contributed by atoms with Crippen LogP contribution in [0, 0.1) is 0 Å². The summed E-state index contributed by atoms with van der Waals surface area (Å²) in [6.45, 7) is 3.20. The van der Waals surface area contributed by atoms with E-state index >= 15 is 0 Å². The van der Waals surface area contributed by atoms with Crippen molar-refractivity contribution in [3.8, 4) is 0 Å². The highest BCUT2D eigenvalue weighted by Gasteiger charge is 2.44. The monoisotopic (exact) mass is 649 g/mol. The number of amides is 1. The lowest BCUT2D eigenvalue weighted by atomic mass is 9.98. The van der Waals surface area contributed by atoms with Crippen molar-refractivity contribution in [3.05, 3.63) is 0 Å². The van der Waals surface area contributed by atoms with Gasteiger partial charge >= 0.3 is 0 Å². The first kappa shape index (κ1) is 42.1. The summed E-state index contributed by atoms with van der Waals surface area (Å²) in [5.74, 6) is -0.706. The second-order valence-corrected chi connectivity index (χ2v) is 13.0. The molecule has 1 aliphatic heterocycles. The quantitative estimate of drug-likeness (QED) is 0.0585. The van der Waals surface area contributed by atoms with Gasteiger partial charge in [0, 0.05) is 0 Å². The van der Waals surface area contributed by atoms with Gasteiger partial charge in [0.15, 0.2) is 6.29 Å². The van der Waals surface area contributed by atoms with E-state index in [1.807, 2.05) is 6.92 Å². The van der Waals surface area contributed by atoms with E-state index in [0.29, 0.717) is 19.3 Å². The first-order valence-electron chi connectivity index (χ1n) is 17.9. The molecule has 0 bridgehead atoms. The summed E-state index contributed by atoms with van der Waals surface area (Å²) in [7, 11) is 0. The van der Waals surface area contributed by atoms with Crippen LogP contribution in [0.25, 0.3) is 0 Å². The Balaban J connectivity index is 2.43. The lowest BCUT2D eigenvalue weighted by Gasteiger charge is -2.40. The van der Waals surface area contributed by atoms with Gasteiger partial charge in [-0.15, -0.1) is 0 Å². The number of carbonyl (C=O) groups excluding carboxylic acids is 1. The molecule has 268 valence electrons. The van der Waals surface area contributed by atoms with E-state index in [0.717, 1.165) is 32.1 Å². The molecule has 0 aromatic rings. The molecule has 0 spiro atoms. The summed E-state index contributed by atoms with van der Waals surface area (Å²) in [6, 6.07) is -1.16. The van der Waals surface area contributed by atoms with Crippen LogP contribution in [0.4, 0.5) is 0 Å². The van der Waals surface area contributed by atoms with Gasteiger partial charge in [-0.05, 0) is 12.8 Å². The third-order valence-electron chi connectivity index (χ3n) is 8.91. The normalized spacial score (nSPS) is 24.7. The van der Waals surface area contributed by atoms with E-state index < -0.39 is 74.2 Å². The lowest BCUT2D eigenvalue weighted by molar-refractivity contribution is -0.303. The van der Waals surface area contributed by atoms with Crippen molar-refractivity contribution in [2.75, 3.05) is 13.2 Å². The third-order valence-corrected chi connectivity index (χ3v) is 8.91. The van der Waals surface area contributed by atoms with E-state index in [4.69, 9.17) is 9.47 Å². The van der Waals surface area contributed by atoms with Crippen molar-refractivity contribution in [3.63, 3.8) is 0 Å². The van der Waals surface area contributed by atoms with Crippen molar-refractivity contribution in [2.45, 2.75) is 197 Å². The molecule has 1 amide bonds. The van der Waals surface area contributed by atoms with E-state index in [9.17, 15) is 40.5 Å². The van der Waals surface area contributed by atoms with Crippen molar-refractivity contribution >= 4 is 5.91 Å². The Kier molecular flexibility index (Phi) is 24.4. The largest absolute Gasteiger partial charge is 0.394 e. The number of aliphatic hydroxyl groups excluding tert-OH is 7. The molecule has 1 aliphatic rings. The van der Waals surface area contributed by atoms with Gasteiger partial charge in [0.1, 0.15) is 36.6 Å². The van der Waals surface area contributed by atoms with Gasteiger partial charge in [-0.25, -0.2) is 0 Å². The molecule has 0 radical (unpaired) electrons. The molecular formula is C34H67NO10. The molecule has 0 saturated carbocycles. The highest BCUT2D eigenvalue weighted by atomic mass is 16.7. The molecule has 1 heterocycles. The maximum atomic E-state index is 12.8. The first-order valence-corrected chi connectivity index (χ1v) is 17.9. The molecular weight excluding hydrogens is 582 g/mol. The van der Waals surface area contributed by atoms with Crippen LogP contribution in [0.2, 0.25) is 0 Å². The third kappa shape index (κ3) is 17.7. The van der Waals surface area contributed by atoms with Gasteiger partial charge < -0.3 is 50.5 Å². The minimum Gasteiger partial charge on any atom is -0.394 e. The number of hydrogen-bond acceptors (Lipinski definition) is 10. The number of aliphatic hydroxyl groups is 7. The lowest BCUT2D eigenvalue weighted by Crippen LogP contribution is -2.60. The number of nitrogens with one attached hydrogen (secondary N) is 1. The molecule has 11 heteroatoms. The average molecular weight is 650 g/mol. The Bertz CT molecular complexity index is 714. The average Bonchev–Trinajstić information content (AvgIpc) is 3.03. The molecule has 0 aliphatic carbocycles. The van der Waals surface area contributed by atoms with Crippen molar-refractivity contribution in [1.82, 2.24) is 5.32 Å². The Morgan fingerprint density at radius 1 is 0.689 bits per heavy atom. The van der Waals surface area contributed by atoms with Crippen LogP contribution >= 0.6 is 0 Å². The van der Waals surface area contributed by atoms with Gasteiger partial charge in [0.2, 0.25) is 5.91 Å². The smallest absolute Gasteiger partial charge is 0.249 e. The number of hydrogen-bond donors (Lipinski definition) is 8. The molecule has 9 atom stereocenters. The Morgan fingerprint density at radius 2 is 1.16 bits per heavy atom. The SMILES string of the molecule is CCCCCCCCCCCCCCCCCC(O)C(=O)NC(COC1OC(CO)C(O)C(O)C1O)C(O)C(O)CCCCC. The number of rotatable bonds is 28. The van der Waals surface area contributed by atoms with E-state index in [1.165, 1.54) is 70.6 Å². The van der Waals surface area contributed by atoms with Crippen LogP contribution in [0.1, 0.15) is 142 Å². The van der Waals surface area contributed by atoms with Gasteiger partial charge in [-0.2, -0.15) is 0 Å². The van der Waals surface area contributed by atoms with Crippen molar-refractivity contribution in [2.24, 2.45) is 0 Å². The molecule has 8 N–H and O–H groups in total. The molecule has 1 saturated heterocycles. The predicted molar refractivity (Wildman–Crippen MR) is 173 cm³/mol. The summed E-state index contributed by atoms with van der Waals surface area (Å²) >= 11 is 0. The zero-order valence-electron chi connectivity index (χ0n) is 28.1. The number of ether oxygens (including phenoxy) is 2. The zero-order chi connectivity index (χ0) is 33.5. The summed E-state index contributed by atoms with van der Waals surface area (Å²) in [5, 5.41) is 74.2. The van der Waals surface area contributed by atoms with Gasteiger partial charge in [-0.3, -0.25) is 4.79 Å². The van der Waals surface area contributed by atoms with Crippen molar-refractivity contribution in [1.29, 1.82) is 0 Å². The number of carbonyl (C=O) groups is 1. The van der Waals surface area contributed by atoms with E-state index in [1.54, 1.807) is 0 Å². The van der Waals surface area contributed by atoms with Gasteiger partial charge in [-0.1, -0.05) is 129 Å². The Labute approximate surface area is 271 Å². The molecule has 0 aromatic carbocycles. The van der Waals surface area contributed by atoms with Gasteiger partial charge in [0.25, 0.3) is 0 Å². The molecule has 45 heavy (non-hydrogen) atoms. The highest BCUT2D eigenvalue weighted by molar-refractivity contribution is 5.80. The maximum Gasteiger partial charge on any atom is 0.249 e. The zero-order valence-corrected chi connectivity index (χ0v) is 28.1. The molecule has 0 aromatic heterocycles. The summed E-state index contributed by atoms with van der Waals surface area (Å²) in [4.78, 5) is 12.8. The van der Waals surface area contributed by atoms with Crippen LogP contribution in [0.15, 0.2) is 0 Å². The molecule has 11 nitrogen and oxygen atoms in total. The van der Waals surface area contributed by atoms with Crippen LogP contribution in [0.5, 0.6) is 0 Å². The van der Waals surface area contributed by atoms with Crippen LogP contribution in [-0.4, -0.2) is 110 Å². The molecule has 9 unspecified atom stereocenters. The van der Waals surface area contributed by atoms with Crippen LogP contribution in [0.3, 0.4) is 0 Å². The maximum absolute atomic E-state index is 12.8.